The van der Waals surface area contributed by atoms with E-state index in [9.17, 15) is 0 Å². The van der Waals surface area contributed by atoms with Gasteiger partial charge in [-0.05, 0) is 72.1 Å². The Bertz CT molecular complexity index is 1300. The molecule has 0 saturated carbocycles. The molecule has 0 aliphatic rings. The topological polar surface area (TPSA) is 57.4 Å². The van der Waals surface area contributed by atoms with Crippen molar-refractivity contribution in [3.63, 3.8) is 0 Å². The highest BCUT2D eigenvalue weighted by Gasteiger charge is 2.12. The Morgan fingerprint density at radius 2 is 0.929 bits per heavy atom. The van der Waals surface area contributed by atoms with Gasteiger partial charge in [0, 0.05) is 11.1 Å². The zero-order valence-corrected chi connectivity index (χ0v) is 25.9. The second-order valence-electron chi connectivity index (χ2n) is 11.5. The number of hydrogen-bond donors (Lipinski definition) is 0. The van der Waals surface area contributed by atoms with Crippen LogP contribution >= 0.6 is 0 Å². The van der Waals surface area contributed by atoms with Gasteiger partial charge in [-0.2, -0.15) is 0 Å². The highest BCUT2D eigenvalue weighted by Crippen LogP contribution is 2.29. The largest absolute Gasteiger partial charge is 0.494 e. The van der Waals surface area contributed by atoms with Crippen molar-refractivity contribution in [2.45, 2.75) is 110 Å². The van der Waals surface area contributed by atoms with E-state index in [-0.39, 0.29) is 0 Å². The van der Waals surface area contributed by atoms with Gasteiger partial charge in [-0.25, -0.2) is 0 Å². The van der Waals surface area contributed by atoms with Crippen molar-refractivity contribution in [1.82, 2.24) is 10.2 Å². The van der Waals surface area contributed by atoms with Gasteiger partial charge in [0.25, 0.3) is 0 Å². The molecule has 0 unspecified atom stereocenters. The Morgan fingerprint density at radius 3 is 1.57 bits per heavy atom. The average molecular weight is 571 g/mol. The molecule has 226 valence electrons. The van der Waals surface area contributed by atoms with Crippen molar-refractivity contribution in [3.8, 4) is 34.4 Å². The minimum Gasteiger partial charge on any atom is -0.494 e. The zero-order chi connectivity index (χ0) is 29.2. The van der Waals surface area contributed by atoms with Gasteiger partial charge in [0.2, 0.25) is 11.8 Å². The summed E-state index contributed by atoms with van der Waals surface area (Å²) in [6.07, 6.45) is 19.6. The first-order chi connectivity index (χ1) is 20.8. The molecule has 5 nitrogen and oxygen atoms in total. The van der Waals surface area contributed by atoms with Gasteiger partial charge >= 0.3 is 0 Å². The van der Waals surface area contributed by atoms with E-state index >= 15 is 0 Å². The molecule has 42 heavy (non-hydrogen) atoms. The average Bonchev–Trinajstić information content (AvgIpc) is 3.52. The van der Waals surface area contributed by atoms with Crippen LogP contribution in [0.2, 0.25) is 0 Å². The summed E-state index contributed by atoms with van der Waals surface area (Å²) in [5.41, 5.74) is 1.79. The number of aromatic nitrogens is 2. The first-order valence-corrected chi connectivity index (χ1v) is 16.5. The number of nitrogens with zero attached hydrogens (tertiary/aromatic N) is 2. The molecule has 0 aliphatic carbocycles. The molecular weight excluding hydrogens is 520 g/mol. The van der Waals surface area contributed by atoms with E-state index in [1.165, 1.54) is 83.5 Å². The van der Waals surface area contributed by atoms with Gasteiger partial charge in [-0.1, -0.05) is 109 Å². The van der Waals surface area contributed by atoms with E-state index in [0.717, 1.165) is 59.5 Å². The van der Waals surface area contributed by atoms with E-state index in [1.807, 2.05) is 30.3 Å². The predicted molar refractivity (Wildman–Crippen MR) is 174 cm³/mol. The maximum atomic E-state index is 6.06. The fourth-order valence-corrected chi connectivity index (χ4v) is 5.27. The number of hydrogen-bond acceptors (Lipinski definition) is 5. The summed E-state index contributed by atoms with van der Waals surface area (Å²) in [5.74, 6) is 2.81. The van der Waals surface area contributed by atoms with Crippen LogP contribution in [0.15, 0.2) is 65.1 Å². The molecule has 0 amide bonds. The van der Waals surface area contributed by atoms with Crippen LogP contribution in [0, 0.1) is 0 Å². The van der Waals surface area contributed by atoms with E-state index in [0.29, 0.717) is 11.8 Å². The Labute approximate surface area is 253 Å². The zero-order valence-electron chi connectivity index (χ0n) is 25.9. The third-order valence-corrected chi connectivity index (χ3v) is 7.87. The maximum Gasteiger partial charge on any atom is 0.248 e. The molecule has 0 atom stereocenters. The minimum atomic E-state index is 0.505. The smallest absolute Gasteiger partial charge is 0.248 e. The lowest BCUT2D eigenvalue weighted by atomic mass is 10.1. The Balaban J connectivity index is 1.19. The van der Waals surface area contributed by atoms with E-state index in [1.54, 1.807) is 0 Å². The second kappa shape index (κ2) is 18.3. The third-order valence-electron chi connectivity index (χ3n) is 7.87. The molecule has 4 aromatic rings. The summed E-state index contributed by atoms with van der Waals surface area (Å²) < 4.78 is 17.9. The van der Waals surface area contributed by atoms with Gasteiger partial charge < -0.3 is 13.9 Å². The minimum absolute atomic E-state index is 0.505. The third kappa shape index (κ3) is 10.5. The second-order valence-corrected chi connectivity index (χ2v) is 11.5. The molecule has 0 fully saturated rings. The summed E-state index contributed by atoms with van der Waals surface area (Å²) in [7, 11) is 0. The van der Waals surface area contributed by atoms with Crippen molar-refractivity contribution in [2.75, 3.05) is 13.2 Å². The van der Waals surface area contributed by atoms with Crippen LogP contribution < -0.4 is 9.47 Å². The molecule has 3 aromatic carbocycles. The molecule has 1 aromatic heterocycles. The lowest BCUT2D eigenvalue weighted by Crippen LogP contribution is -1.97. The van der Waals surface area contributed by atoms with Gasteiger partial charge in [0.15, 0.2) is 0 Å². The van der Waals surface area contributed by atoms with Gasteiger partial charge in [-0.15, -0.1) is 10.2 Å². The summed E-state index contributed by atoms with van der Waals surface area (Å²) in [5, 5.41) is 10.9. The SMILES string of the molecule is CCCCCCCCCCCCCOc1ccc2cc(-c3nnc(-c4ccc(OCCCCCC)cc4)o3)ccc2c1. The van der Waals surface area contributed by atoms with Crippen LogP contribution in [0.3, 0.4) is 0 Å². The van der Waals surface area contributed by atoms with Gasteiger partial charge in [0.05, 0.1) is 13.2 Å². The van der Waals surface area contributed by atoms with Crippen molar-refractivity contribution in [1.29, 1.82) is 0 Å². The van der Waals surface area contributed by atoms with Crippen LogP contribution in [0.1, 0.15) is 110 Å². The number of fused-ring (bicyclic) bond motifs is 1. The fourth-order valence-electron chi connectivity index (χ4n) is 5.27. The number of rotatable bonds is 21. The lowest BCUT2D eigenvalue weighted by molar-refractivity contribution is 0.304. The molecule has 0 N–H and O–H groups in total. The maximum absolute atomic E-state index is 6.06. The van der Waals surface area contributed by atoms with Crippen molar-refractivity contribution < 1.29 is 13.9 Å². The Kier molecular flexibility index (Phi) is 13.7. The predicted octanol–water partition coefficient (Wildman–Crippen LogP) is 11.2. The molecule has 4 rings (SSSR count). The van der Waals surface area contributed by atoms with Crippen molar-refractivity contribution in [2.24, 2.45) is 0 Å². The van der Waals surface area contributed by atoms with E-state index in [2.05, 4.69) is 54.4 Å². The van der Waals surface area contributed by atoms with Crippen LogP contribution in [-0.2, 0) is 0 Å². The number of unbranched alkanes of at least 4 members (excludes halogenated alkanes) is 13. The van der Waals surface area contributed by atoms with Crippen LogP contribution in [-0.4, -0.2) is 23.4 Å². The molecule has 1 heterocycles. The monoisotopic (exact) mass is 570 g/mol. The quantitative estimate of drug-likeness (QED) is 0.0932. The Morgan fingerprint density at radius 1 is 0.476 bits per heavy atom. The van der Waals surface area contributed by atoms with E-state index < -0.39 is 0 Å². The molecule has 5 heteroatoms. The first-order valence-electron chi connectivity index (χ1n) is 16.5. The standard InChI is InChI=1S/C37H50N2O3/c1-3-5-7-9-10-11-12-13-14-15-17-27-41-35-25-22-31-28-33(19-18-32(31)29-35)37-39-38-36(42-37)30-20-23-34(24-21-30)40-26-16-8-6-4-2/h18-25,28-29H,3-17,26-27H2,1-2H3. The molecule has 0 spiro atoms. The number of ether oxygens (including phenoxy) is 2. The van der Waals surface area contributed by atoms with Gasteiger partial charge in [0.1, 0.15) is 11.5 Å². The van der Waals surface area contributed by atoms with Crippen LogP contribution in [0.4, 0.5) is 0 Å². The molecule has 0 aliphatic heterocycles. The van der Waals surface area contributed by atoms with Crippen molar-refractivity contribution >= 4 is 10.8 Å². The van der Waals surface area contributed by atoms with Crippen LogP contribution in [0.5, 0.6) is 11.5 Å². The highest BCUT2D eigenvalue weighted by molar-refractivity contribution is 5.87. The van der Waals surface area contributed by atoms with Crippen LogP contribution in [0.25, 0.3) is 33.7 Å². The van der Waals surface area contributed by atoms with E-state index in [4.69, 9.17) is 13.9 Å². The van der Waals surface area contributed by atoms with Crippen molar-refractivity contribution in [3.05, 3.63) is 60.7 Å². The summed E-state index contributed by atoms with van der Waals surface area (Å²) in [6.45, 7) is 6.02. The summed E-state index contributed by atoms with van der Waals surface area (Å²) in [4.78, 5) is 0. The number of benzene rings is 3. The lowest BCUT2D eigenvalue weighted by Gasteiger charge is -2.08. The normalized spacial score (nSPS) is 11.3. The molecule has 0 bridgehead atoms. The summed E-state index contributed by atoms with van der Waals surface area (Å²) >= 11 is 0. The molecule has 0 radical (unpaired) electrons. The highest BCUT2D eigenvalue weighted by atomic mass is 16.5. The molecular formula is C37H50N2O3. The first kappa shape index (κ1) is 31.6. The molecule has 0 saturated heterocycles. The Hall–Kier alpha value is -3.34. The fraction of sp³-hybridized carbons (Fsp3) is 0.514. The summed E-state index contributed by atoms with van der Waals surface area (Å²) in [6, 6.07) is 20.4. The van der Waals surface area contributed by atoms with Gasteiger partial charge in [-0.3, -0.25) is 0 Å².